The number of phenolic OH excluding ortho intramolecular Hbond substituents is 1. The zero-order valence-corrected chi connectivity index (χ0v) is 9.16. The molecule has 15 heavy (non-hydrogen) atoms. The molecule has 0 amide bonds. The number of aromatic nitrogens is 3. The summed E-state index contributed by atoms with van der Waals surface area (Å²) >= 11 is 3.31. The van der Waals surface area contributed by atoms with Gasteiger partial charge < -0.3 is 5.11 Å². The van der Waals surface area contributed by atoms with Crippen LogP contribution in [-0.2, 0) is 0 Å². The number of hydrogen-bond acceptors (Lipinski definition) is 4. The quantitative estimate of drug-likeness (QED) is 0.841. The number of hydrogen-bond donors (Lipinski definition) is 1. The predicted molar refractivity (Wildman–Crippen MR) is 58.8 cm³/mol. The lowest BCUT2D eigenvalue weighted by atomic mass is 10.2. The summed E-state index contributed by atoms with van der Waals surface area (Å²) in [7, 11) is 0. The Bertz CT molecular complexity index is 481. The predicted octanol–water partition coefficient (Wildman–Crippen LogP) is 1.63. The second-order valence-electron chi connectivity index (χ2n) is 2.76. The maximum atomic E-state index is 9.51. The molecule has 1 aromatic carbocycles. The number of phenols is 1. The van der Waals surface area contributed by atoms with Crippen molar-refractivity contribution in [1.29, 1.82) is 0 Å². The van der Waals surface area contributed by atoms with Crippen molar-refractivity contribution in [2.45, 2.75) is 0 Å². The van der Waals surface area contributed by atoms with Crippen molar-refractivity contribution in [1.82, 2.24) is 14.9 Å². The third-order valence-electron chi connectivity index (χ3n) is 1.71. The van der Waals surface area contributed by atoms with Crippen LogP contribution in [0.4, 0.5) is 0 Å². The summed E-state index contributed by atoms with van der Waals surface area (Å²) in [6.45, 7) is 0. The van der Waals surface area contributed by atoms with E-state index in [1.807, 2.05) is 0 Å². The fourth-order valence-corrected chi connectivity index (χ4v) is 1.39. The highest BCUT2D eigenvalue weighted by molar-refractivity contribution is 9.10. The Labute approximate surface area is 94.2 Å². The van der Waals surface area contributed by atoms with Crippen LogP contribution in [0.15, 0.2) is 40.4 Å². The van der Waals surface area contributed by atoms with Crippen LogP contribution in [-0.4, -0.2) is 26.2 Å². The largest absolute Gasteiger partial charge is 0.507 e. The van der Waals surface area contributed by atoms with Gasteiger partial charge in [0.05, 0.1) is 6.21 Å². The highest BCUT2D eigenvalue weighted by Gasteiger charge is 1.98. The van der Waals surface area contributed by atoms with Crippen LogP contribution in [0.2, 0.25) is 0 Å². The van der Waals surface area contributed by atoms with E-state index in [2.05, 4.69) is 31.1 Å². The Hall–Kier alpha value is -1.69. The van der Waals surface area contributed by atoms with Crippen LogP contribution in [0.5, 0.6) is 5.75 Å². The van der Waals surface area contributed by atoms with E-state index in [0.717, 1.165) is 4.47 Å². The zero-order valence-electron chi connectivity index (χ0n) is 7.58. The second-order valence-corrected chi connectivity index (χ2v) is 3.68. The van der Waals surface area contributed by atoms with Gasteiger partial charge in [0.1, 0.15) is 18.4 Å². The standard InChI is InChI=1S/C9H7BrN4O/c10-8-1-2-9(15)7(3-8)4-12-14-6-11-5-13-14/h1-6,15H/b12-4-. The monoisotopic (exact) mass is 266 g/mol. The van der Waals surface area contributed by atoms with Gasteiger partial charge in [0.25, 0.3) is 0 Å². The molecular formula is C9H7BrN4O. The molecule has 6 heteroatoms. The average Bonchev–Trinajstić information content (AvgIpc) is 2.72. The van der Waals surface area contributed by atoms with Crippen LogP contribution in [0.1, 0.15) is 5.56 Å². The van der Waals surface area contributed by atoms with Gasteiger partial charge in [-0.05, 0) is 18.2 Å². The van der Waals surface area contributed by atoms with Gasteiger partial charge in [-0.2, -0.15) is 5.10 Å². The summed E-state index contributed by atoms with van der Waals surface area (Å²) in [6, 6.07) is 5.10. The van der Waals surface area contributed by atoms with Gasteiger partial charge in [-0.25, -0.2) is 4.98 Å². The lowest BCUT2D eigenvalue weighted by Crippen LogP contribution is -1.91. The Balaban J connectivity index is 2.27. The molecule has 1 N–H and O–H groups in total. The topological polar surface area (TPSA) is 63.3 Å². The molecule has 0 aliphatic heterocycles. The molecule has 0 atom stereocenters. The first-order valence-corrected chi connectivity index (χ1v) is 4.92. The van der Waals surface area contributed by atoms with Crippen LogP contribution in [0.3, 0.4) is 0 Å². The average molecular weight is 267 g/mol. The van der Waals surface area contributed by atoms with E-state index in [1.165, 1.54) is 23.7 Å². The molecule has 76 valence electrons. The molecule has 0 radical (unpaired) electrons. The lowest BCUT2D eigenvalue weighted by Gasteiger charge is -1.98. The molecule has 0 saturated carbocycles. The molecule has 2 aromatic rings. The summed E-state index contributed by atoms with van der Waals surface area (Å²) in [6.07, 6.45) is 4.36. The Morgan fingerprint density at radius 2 is 2.33 bits per heavy atom. The van der Waals surface area contributed by atoms with E-state index in [4.69, 9.17) is 0 Å². The van der Waals surface area contributed by atoms with Gasteiger partial charge in [-0.15, -0.1) is 9.89 Å². The molecule has 0 fully saturated rings. The van der Waals surface area contributed by atoms with Crippen molar-refractivity contribution in [2.75, 3.05) is 0 Å². The van der Waals surface area contributed by atoms with Crippen molar-refractivity contribution in [3.05, 3.63) is 40.9 Å². The van der Waals surface area contributed by atoms with Crippen molar-refractivity contribution < 1.29 is 5.11 Å². The number of halogens is 1. The molecule has 0 aliphatic carbocycles. The first-order valence-electron chi connectivity index (χ1n) is 4.13. The smallest absolute Gasteiger partial charge is 0.139 e. The Morgan fingerprint density at radius 1 is 1.47 bits per heavy atom. The summed E-state index contributed by atoms with van der Waals surface area (Å²) in [4.78, 5) is 5.05. The van der Waals surface area contributed by atoms with Gasteiger partial charge >= 0.3 is 0 Å². The van der Waals surface area contributed by atoms with Gasteiger partial charge in [0.15, 0.2) is 0 Å². The maximum absolute atomic E-state index is 9.51. The van der Waals surface area contributed by atoms with E-state index in [9.17, 15) is 5.11 Å². The van der Waals surface area contributed by atoms with Gasteiger partial charge in [0, 0.05) is 10.0 Å². The van der Waals surface area contributed by atoms with E-state index >= 15 is 0 Å². The molecule has 5 nitrogen and oxygen atoms in total. The van der Waals surface area contributed by atoms with Crippen molar-refractivity contribution in [3.63, 3.8) is 0 Å². The highest BCUT2D eigenvalue weighted by atomic mass is 79.9. The first-order chi connectivity index (χ1) is 7.25. The minimum atomic E-state index is 0.169. The summed E-state index contributed by atoms with van der Waals surface area (Å²) in [5, 5.41) is 17.3. The number of nitrogens with zero attached hydrogens (tertiary/aromatic N) is 4. The fraction of sp³-hybridized carbons (Fsp3) is 0. The number of rotatable bonds is 2. The second kappa shape index (κ2) is 4.22. The van der Waals surface area contributed by atoms with Crippen molar-refractivity contribution in [3.8, 4) is 5.75 Å². The normalized spacial score (nSPS) is 11.0. The molecule has 2 rings (SSSR count). The van der Waals surface area contributed by atoms with E-state index < -0.39 is 0 Å². The van der Waals surface area contributed by atoms with Crippen molar-refractivity contribution >= 4 is 22.1 Å². The Morgan fingerprint density at radius 3 is 3.07 bits per heavy atom. The van der Waals surface area contributed by atoms with E-state index in [-0.39, 0.29) is 5.75 Å². The number of benzene rings is 1. The molecule has 1 heterocycles. The van der Waals surface area contributed by atoms with E-state index in [1.54, 1.807) is 18.2 Å². The third-order valence-corrected chi connectivity index (χ3v) is 2.20. The molecule has 0 aliphatic rings. The molecule has 0 bridgehead atoms. The highest BCUT2D eigenvalue weighted by Crippen LogP contribution is 2.19. The van der Waals surface area contributed by atoms with Gasteiger partial charge in [-0.3, -0.25) is 0 Å². The zero-order chi connectivity index (χ0) is 10.7. The minimum Gasteiger partial charge on any atom is -0.507 e. The summed E-state index contributed by atoms with van der Waals surface area (Å²) < 4.78 is 0.875. The maximum Gasteiger partial charge on any atom is 0.139 e. The lowest BCUT2D eigenvalue weighted by molar-refractivity contribution is 0.474. The van der Waals surface area contributed by atoms with Crippen LogP contribution in [0.25, 0.3) is 0 Å². The van der Waals surface area contributed by atoms with E-state index in [0.29, 0.717) is 5.56 Å². The van der Waals surface area contributed by atoms with Crippen LogP contribution in [0, 0.1) is 0 Å². The first kappa shape index (κ1) is 9.85. The van der Waals surface area contributed by atoms with Gasteiger partial charge in [-0.1, -0.05) is 15.9 Å². The SMILES string of the molecule is Oc1ccc(Br)cc1/C=N\n1cncn1. The van der Waals surface area contributed by atoms with Gasteiger partial charge in [0.2, 0.25) is 0 Å². The molecular weight excluding hydrogens is 260 g/mol. The summed E-state index contributed by atoms with van der Waals surface area (Å²) in [5.41, 5.74) is 0.611. The third kappa shape index (κ3) is 2.41. The molecule has 0 saturated heterocycles. The van der Waals surface area contributed by atoms with Crippen LogP contribution >= 0.6 is 15.9 Å². The summed E-state index contributed by atoms with van der Waals surface area (Å²) in [5.74, 6) is 0.169. The number of aromatic hydroxyl groups is 1. The molecule has 0 spiro atoms. The van der Waals surface area contributed by atoms with Crippen LogP contribution < -0.4 is 0 Å². The fourth-order valence-electron chi connectivity index (χ4n) is 1.01. The molecule has 0 unspecified atom stereocenters. The Kier molecular flexibility index (Phi) is 2.77. The molecule has 1 aromatic heterocycles. The van der Waals surface area contributed by atoms with Crippen molar-refractivity contribution in [2.24, 2.45) is 5.10 Å². The minimum absolute atomic E-state index is 0.169.